The van der Waals surface area contributed by atoms with Gasteiger partial charge >= 0.3 is 0 Å². The van der Waals surface area contributed by atoms with Crippen LogP contribution >= 0.6 is 24.0 Å². The molecule has 2 aromatic carbocycles. The number of halogens is 1. The molecular weight excluding hydrogens is 489 g/mol. The van der Waals surface area contributed by atoms with Gasteiger partial charge in [-0.3, -0.25) is 4.79 Å². The molecule has 7 heteroatoms. The number of benzene rings is 2. The van der Waals surface area contributed by atoms with Gasteiger partial charge in [-0.15, -0.1) is 24.0 Å². The quantitative estimate of drug-likeness (QED) is 0.297. The number of para-hydroxylation sites is 1. The Morgan fingerprint density at radius 2 is 1.73 bits per heavy atom. The van der Waals surface area contributed by atoms with Gasteiger partial charge < -0.3 is 20.9 Å². The van der Waals surface area contributed by atoms with Crippen LogP contribution in [0.5, 0.6) is 0 Å². The molecule has 3 N–H and O–H groups in total. The number of rotatable bonds is 7. The van der Waals surface area contributed by atoms with Crippen LogP contribution in [0.4, 0.5) is 5.69 Å². The van der Waals surface area contributed by atoms with Crippen LogP contribution in [0.25, 0.3) is 0 Å². The summed E-state index contributed by atoms with van der Waals surface area (Å²) in [5.41, 5.74) is 3.02. The van der Waals surface area contributed by atoms with E-state index < -0.39 is 0 Å². The average Bonchev–Trinajstić information content (AvgIpc) is 3.22. The average molecular weight is 521 g/mol. The number of amides is 1. The van der Waals surface area contributed by atoms with Gasteiger partial charge in [-0.1, -0.05) is 30.3 Å². The van der Waals surface area contributed by atoms with Gasteiger partial charge in [0.2, 0.25) is 0 Å². The number of nitrogens with one attached hydrogen (secondary N) is 3. The number of hydrogen-bond acceptors (Lipinski definition) is 3. The third kappa shape index (κ3) is 6.90. The molecule has 2 aromatic rings. The van der Waals surface area contributed by atoms with Crippen LogP contribution < -0.4 is 20.9 Å². The standard InChI is InChI=1S/C23H31N5O.HI/c1-3-24-22(29)19-12-10-18(11-13-19)16-26-23(25-4-2)27-20-14-15-28(17-20)21-8-6-5-7-9-21;/h5-13,20H,3-4,14-17H2,1-2H3,(H,24,29)(H2,25,26,27);1H. The lowest BCUT2D eigenvalue weighted by Gasteiger charge is -2.20. The maximum absolute atomic E-state index is 11.9. The van der Waals surface area contributed by atoms with Crippen molar-refractivity contribution in [1.82, 2.24) is 16.0 Å². The monoisotopic (exact) mass is 521 g/mol. The lowest BCUT2D eigenvalue weighted by molar-refractivity contribution is 0.0956. The molecule has 1 saturated heterocycles. The smallest absolute Gasteiger partial charge is 0.251 e. The fourth-order valence-electron chi connectivity index (χ4n) is 3.46. The molecular formula is C23H32IN5O. The SMILES string of the molecule is CCNC(=O)c1ccc(CN=C(NCC)NC2CCN(c3ccccc3)C2)cc1.I. The molecule has 1 aliphatic rings. The Kier molecular flexibility index (Phi) is 9.93. The van der Waals surface area contributed by atoms with Crippen molar-refractivity contribution in [2.24, 2.45) is 4.99 Å². The summed E-state index contributed by atoms with van der Waals surface area (Å²) in [6.07, 6.45) is 1.08. The lowest BCUT2D eigenvalue weighted by atomic mass is 10.1. The Hall–Kier alpha value is -2.29. The van der Waals surface area contributed by atoms with Crippen LogP contribution in [0, 0.1) is 0 Å². The van der Waals surface area contributed by atoms with E-state index in [9.17, 15) is 4.79 Å². The second kappa shape index (κ2) is 12.4. The number of aliphatic imine (C=N–C) groups is 1. The molecule has 162 valence electrons. The molecule has 1 aliphatic heterocycles. The normalized spacial score (nSPS) is 16.0. The van der Waals surface area contributed by atoms with Crippen LogP contribution in [0.3, 0.4) is 0 Å². The summed E-state index contributed by atoms with van der Waals surface area (Å²) in [5, 5.41) is 9.72. The molecule has 0 saturated carbocycles. The van der Waals surface area contributed by atoms with Crippen molar-refractivity contribution >= 4 is 41.5 Å². The predicted molar refractivity (Wildman–Crippen MR) is 135 cm³/mol. The van der Waals surface area contributed by atoms with E-state index in [1.807, 2.05) is 37.3 Å². The number of carbonyl (C=O) groups excluding carboxylic acids is 1. The second-order valence-corrected chi connectivity index (χ2v) is 7.16. The first kappa shape index (κ1) is 24.0. The summed E-state index contributed by atoms with van der Waals surface area (Å²) in [6.45, 7) is 8.02. The first-order chi connectivity index (χ1) is 14.2. The third-order valence-electron chi connectivity index (χ3n) is 4.97. The molecule has 30 heavy (non-hydrogen) atoms. The summed E-state index contributed by atoms with van der Waals surface area (Å²) < 4.78 is 0. The van der Waals surface area contributed by atoms with Crippen LogP contribution in [-0.2, 0) is 6.54 Å². The first-order valence-corrected chi connectivity index (χ1v) is 10.4. The summed E-state index contributed by atoms with van der Waals surface area (Å²) in [7, 11) is 0. The molecule has 6 nitrogen and oxygen atoms in total. The minimum absolute atomic E-state index is 0. The minimum atomic E-state index is -0.0400. The molecule has 1 heterocycles. The highest BCUT2D eigenvalue weighted by Gasteiger charge is 2.23. The summed E-state index contributed by atoms with van der Waals surface area (Å²) in [6, 6.07) is 18.5. The van der Waals surface area contributed by atoms with Crippen molar-refractivity contribution in [2.45, 2.75) is 32.9 Å². The van der Waals surface area contributed by atoms with Gasteiger partial charge in [0.05, 0.1) is 6.54 Å². The summed E-state index contributed by atoms with van der Waals surface area (Å²) >= 11 is 0. The zero-order chi connectivity index (χ0) is 20.5. The van der Waals surface area contributed by atoms with E-state index in [4.69, 9.17) is 4.99 Å². The molecule has 3 rings (SSSR count). The van der Waals surface area contributed by atoms with Gasteiger partial charge in [-0.05, 0) is 50.1 Å². The van der Waals surface area contributed by atoms with E-state index in [1.165, 1.54) is 5.69 Å². The summed E-state index contributed by atoms with van der Waals surface area (Å²) in [5.74, 6) is 0.793. The Labute approximate surface area is 196 Å². The van der Waals surface area contributed by atoms with E-state index in [1.54, 1.807) is 0 Å². The van der Waals surface area contributed by atoms with E-state index in [0.29, 0.717) is 24.7 Å². The van der Waals surface area contributed by atoms with Crippen molar-refractivity contribution in [3.05, 3.63) is 65.7 Å². The molecule has 0 spiro atoms. The number of guanidine groups is 1. The van der Waals surface area contributed by atoms with E-state index in [0.717, 1.165) is 37.6 Å². The van der Waals surface area contributed by atoms with E-state index in [-0.39, 0.29) is 29.9 Å². The van der Waals surface area contributed by atoms with Gasteiger partial charge in [0.15, 0.2) is 5.96 Å². The van der Waals surface area contributed by atoms with Gasteiger partial charge in [-0.25, -0.2) is 4.99 Å². The molecule has 1 amide bonds. The van der Waals surface area contributed by atoms with Crippen molar-refractivity contribution < 1.29 is 4.79 Å². The van der Waals surface area contributed by atoms with Crippen molar-refractivity contribution in [2.75, 3.05) is 31.1 Å². The largest absolute Gasteiger partial charge is 0.369 e. The first-order valence-electron chi connectivity index (χ1n) is 10.4. The Balaban J connectivity index is 0.00000320. The highest BCUT2D eigenvalue weighted by molar-refractivity contribution is 14.0. The van der Waals surface area contributed by atoms with Gasteiger partial charge in [0.25, 0.3) is 5.91 Å². The maximum Gasteiger partial charge on any atom is 0.251 e. The van der Waals surface area contributed by atoms with Crippen LogP contribution in [0.15, 0.2) is 59.6 Å². The van der Waals surface area contributed by atoms with Gasteiger partial charge in [0, 0.05) is 43.5 Å². The number of carbonyl (C=O) groups is 1. The number of hydrogen-bond donors (Lipinski definition) is 3. The Morgan fingerprint density at radius 3 is 2.40 bits per heavy atom. The molecule has 1 unspecified atom stereocenters. The predicted octanol–water partition coefficient (Wildman–Crippen LogP) is 3.39. The third-order valence-corrected chi connectivity index (χ3v) is 4.97. The molecule has 0 aliphatic carbocycles. The zero-order valence-corrected chi connectivity index (χ0v) is 20.1. The molecule has 0 bridgehead atoms. The highest BCUT2D eigenvalue weighted by atomic mass is 127. The molecule has 1 atom stereocenters. The fraction of sp³-hybridized carbons (Fsp3) is 0.391. The molecule has 0 aromatic heterocycles. The Morgan fingerprint density at radius 1 is 1.03 bits per heavy atom. The highest BCUT2D eigenvalue weighted by Crippen LogP contribution is 2.19. The molecule has 1 fully saturated rings. The number of nitrogens with zero attached hydrogens (tertiary/aromatic N) is 2. The van der Waals surface area contributed by atoms with Gasteiger partial charge in [0.1, 0.15) is 0 Å². The summed E-state index contributed by atoms with van der Waals surface area (Å²) in [4.78, 5) is 19.0. The van der Waals surface area contributed by atoms with E-state index in [2.05, 4.69) is 52.0 Å². The van der Waals surface area contributed by atoms with Crippen molar-refractivity contribution in [3.63, 3.8) is 0 Å². The van der Waals surface area contributed by atoms with Crippen LogP contribution in [0.2, 0.25) is 0 Å². The van der Waals surface area contributed by atoms with Gasteiger partial charge in [-0.2, -0.15) is 0 Å². The minimum Gasteiger partial charge on any atom is -0.369 e. The van der Waals surface area contributed by atoms with Crippen LogP contribution in [0.1, 0.15) is 36.2 Å². The topological polar surface area (TPSA) is 68.8 Å². The van der Waals surface area contributed by atoms with Crippen LogP contribution in [-0.4, -0.2) is 44.1 Å². The fourth-order valence-corrected chi connectivity index (χ4v) is 3.46. The van der Waals surface area contributed by atoms with Crippen molar-refractivity contribution in [1.29, 1.82) is 0 Å². The van der Waals surface area contributed by atoms with E-state index >= 15 is 0 Å². The van der Waals surface area contributed by atoms with Crippen molar-refractivity contribution in [3.8, 4) is 0 Å². The maximum atomic E-state index is 11.9. The Bertz CT molecular complexity index is 810. The zero-order valence-electron chi connectivity index (χ0n) is 17.7. The lowest BCUT2D eigenvalue weighted by Crippen LogP contribution is -2.44. The second-order valence-electron chi connectivity index (χ2n) is 7.16. The number of anilines is 1. The molecule has 0 radical (unpaired) electrons.